The summed E-state index contributed by atoms with van der Waals surface area (Å²) >= 11 is 0. The molecule has 1 atom stereocenters. The molecule has 0 saturated carbocycles. The van der Waals surface area contributed by atoms with Gasteiger partial charge in [0.2, 0.25) is 10.0 Å². The molecule has 0 radical (unpaired) electrons. The van der Waals surface area contributed by atoms with Gasteiger partial charge in [0.1, 0.15) is 0 Å². The summed E-state index contributed by atoms with van der Waals surface area (Å²) in [5, 5.41) is 3.35. The van der Waals surface area contributed by atoms with E-state index in [1.54, 1.807) is 0 Å². The predicted molar refractivity (Wildman–Crippen MR) is 121 cm³/mol. The van der Waals surface area contributed by atoms with Gasteiger partial charge in [-0.2, -0.15) is 0 Å². The number of sulfonamides is 1. The number of likely N-dealkylation sites (tertiary alicyclic amines) is 1. The Kier molecular flexibility index (Phi) is 11.6. The van der Waals surface area contributed by atoms with Crippen LogP contribution in [0.1, 0.15) is 41.0 Å². The van der Waals surface area contributed by atoms with Gasteiger partial charge >= 0.3 is 0 Å². The molecule has 9 heteroatoms. The lowest BCUT2D eigenvalue weighted by molar-refractivity contribution is 0.255. The summed E-state index contributed by atoms with van der Waals surface area (Å²) in [5.74, 6) is 1.54. The zero-order valence-corrected chi connectivity index (χ0v) is 20.4. The van der Waals surface area contributed by atoms with Gasteiger partial charge in [-0.3, -0.25) is 4.99 Å². The number of nitrogens with zero attached hydrogens (tertiary/aromatic N) is 3. The van der Waals surface area contributed by atoms with Gasteiger partial charge in [0.15, 0.2) is 5.96 Å². The monoisotopic (exact) mass is 503 g/mol. The molecule has 2 N–H and O–H groups in total. The van der Waals surface area contributed by atoms with Crippen molar-refractivity contribution in [3.8, 4) is 0 Å². The molecule has 0 spiro atoms. The summed E-state index contributed by atoms with van der Waals surface area (Å²) in [7, 11) is -3.25. The normalized spacial score (nSPS) is 19.0. The third kappa shape index (κ3) is 9.70. The molecule has 0 aliphatic carbocycles. The van der Waals surface area contributed by atoms with Crippen LogP contribution in [0.3, 0.4) is 0 Å². The maximum absolute atomic E-state index is 11.5. The van der Waals surface area contributed by atoms with E-state index >= 15 is 0 Å². The molecule has 7 nitrogen and oxygen atoms in total. The predicted octanol–water partition coefficient (Wildman–Crippen LogP) is 1.56. The highest BCUT2D eigenvalue weighted by Crippen LogP contribution is 2.18. The Morgan fingerprint density at radius 3 is 2.38 bits per heavy atom. The molecule has 1 unspecified atom stereocenters. The Morgan fingerprint density at radius 2 is 1.88 bits per heavy atom. The van der Waals surface area contributed by atoms with E-state index < -0.39 is 15.6 Å². The molecule has 1 fully saturated rings. The van der Waals surface area contributed by atoms with Crippen LogP contribution in [0.5, 0.6) is 0 Å². The summed E-state index contributed by atoms with van der Waals surface area (Å²) in [6.45, 7) is 16.7. The highest BCUT2D eigenvalue weighted by Gasteiger charge is 2.27. The molecule has 1 aliphatic heterocycles. The van der Waals surface area contributed by atoms with E-state index in [-0.39, 0.29) is 24.0 Å². The average molecular weight is 503 g/mol. The van der Waals surface area contributed by atoms with E-state index in [0.29, 0.717) is 12.5 Å². The number of aliphatic imine (C=N–C) groups is 1. The van der Waals surface area contributed by atoms with E-state index in [0.717, 1.165) is 45.2 Å². The third-order valence-electron chi connectivity index (χ3n) is 4.42. The first kappa shape index (κ1) is 25.9. The highest BCUT2D eigenvalue weighted by molar-refractivity contribution is 14.0. The van der Waals surface area contributed by atoms with Gasteiger partial charge in [0.25, 0.3) is 0 Å². The second kappa shape index (κ2) is 11.7. The van der Waals surface area contributed by atoms with Crippen LogP contribution < -0.4 is 10.0 Å². The summed E-state index contributed by atoms with van der Waals surface area (Å²) < 4.78 is 25.6. The molecule has 0 aromatic carbocycles. The van der Waals surface area contributed by atoms with Crippen molar-refractivity contribution in [2.75, 3.05) is 52.1 Å². The van der Waals surface area contributed by atoms with Gasteiger partial charge < -0.3 is 15.1 Å². The third-order valence-corrected chi connectivity index (χ3v) is 5.34. The Hall–Kier alpha value is -0.130. The lowest BCUT2D eigenvalue weighted by Crippen LogP contribution is -2.47. The Balaban J connectivity index is 0.00000625. The largest absolute Gasteiger partial charge is 0.357 e. The fraction of sp³-hybridized carbons (Fsp3) is 0.941. The van der Waals surface area contributed by atoms with Gasteiger partial charge in [0, 0.05) is 31.7 Å². The topological polar surface area (TPSA) is 77.0 Å². The van der Waals surface area contributed by atoms with E-state index in [1.165, 1.54) is 12.7 Å². The Labute approximate surface area is 177 Å². The average Bonchev–Trinajstić information content (AvgIpc) is 2.95. The van der Waals surface area contributed by atoms with Crippen LogP contribution >= 0.6 is 24.0 Å². The number of guanidine groups is 1. The van der Waals surface area contributed by atoms with Gasteiger partial charge in [-0.05, 0) is 46.2 Å². The zero-order valence-electron chi connectivity index (χ0n) is 17.2. The number of rotatable bonds is 9. The summed E-state index contributed by atoms with van der Waals surface area (Å²) in [5.41, 5.74) is -0.603. The van der Waals surface area contributed by atoms with Crippen molar-refractivity contribution in [1.29, 1.82) is 0 Å². The molecule has 0 aromatic rings. The first-order chi connectivity index (χ1) is 11.6. The standard InChI is InChI=1S/C17H37N5O2S.HI/c1-7-18-16(19-14-17(4,5)20-25(6,23)24)22-11-10-15(13-22)12-21(8-2)9-3;/h15,20H,7-14H2,1-6H3,(H,18,19);1H. The molecule has 1 heterocycles. The van der Waals surface area contributed by atoms with Crippen molar-refractivity contribution in [3.63, 3.8) is 0 Å². The molecule has 1 aliphatic rings. The minimum Gasteiger partial charge on any atom is -0.357 e. The van der Waals surface area contributed by atoms with E-state index in [2.05, 4.69) is 40.6 Å². The van der Waals surface area contributed by atoms with Gasteiger partial charge in [0.05, 0.1) is 12.8 Å². The van der Waals surface area contributed by atoms with Crippen molar-refractivity contribution < 1.29 is 8.42 Å². The van der Waals surface area contributed by atoms with Gasteiger partial charge in [-0.15, -0.1) is 24.0 Å². The lowest BCUT2D eigenvalue weighted by atomic mass is 10.1. The molecule has 0 amide bonds. The minimum absolute atomic E-state index is 0. The molecule has 0 bridgehead atoms. The van der Waals surface area contributed by atoms with Crippen LogP contribution in [0.2, 0.25) is 0 Å². The molecule has 1 saturated heterocycles. The van der Waals surface area contributed by atoms with Crippen molar-refractivity contribution in [2.24, 2.45) is 10.9 Å². The Morgan fingerprint density at radius 1 is 1.27 bits per heavy atom. The van der Waals surface area contributed by atoms with Crippen molar-refractivity contribution in [2.45, 2.75) is 46.6 Å². The first-order valence-corrected chi connectivity index (χ1v) is 11.2. The first-order valence-electron chi connectivity index (χ1n) is 9.34. The van der Waals surface area contributed by atoms with Gasteiger partial charge in [-0.1, -0.05) is 13.8 Å². The van der Waals surface area contributed by atoms with Crippen molar-refractivity contribution in [1.82, 2.24) is 19.8 Å². The number of hydrogen-bond donors (Lipinski definition) is 2. The number of halogens is 1. The van der Waals surface area contributed by atoms with Crippen LogP contribution in [-0.2, 0) is 10.0 Å². The fourth-order valence-corrected chi connectivity index (χ4v) is 4.32. The minimum atomic E-state index is -3.25. The Bertz CT molecular complexity index is 535. The highest BCUT2D eigenvalue weighted by atomic mass is 127. The van der Waals surface area contributed by atoms with Crippen LogP contribution in [-0.4, -0.2) is 81.8 Å². The maximum Gasteiger partial charge on any atom is 0.209 e. The van der Waals surface area contributed by atoms with E-state index in [9.17, 15) is 8.42 Å². The van der Waals surface area contributed by atoms with Crippen LogP contribution in [0.25, 0.3) is 0 Å². The van der Waals surface area contributed by atoms with Crippen LogP contribution in [0.4, 0.5) is 0 Å². The van der Waals surface area contributed by atoms with Gasteiger partial charge in [-0.25, -0.2) is 13.1 Å². The molecule has 0 aromatic heterocycles. The van der Waals surface area contributed by atoms with Crippen LogP contribution in [0.15, 0.2) is 4.99 Å². The second-order valence-electron chi connectivity index (χ2n) is 7.51. The van der Waals surface area contributed by atoms with E-state index in [4.69, 9.17) is 4.99 Å². The fourth-order valence-electron chi connectivity index (χ4n) is 3.25. The SMILES string of the molecule is CCNC(=NCC(C)(C)NS(C)(=O)=O)N1CCC(CN(CC)CC)C1.I. The molecular weight excluding hydrogens is 465 g/mol. The second-order valence-corrected chi connectivity index (χ2v) is 9.26. The smallest absolute Gasteiger partial charge is 0.209 e. The summed E-state index contributed by atoms with van der Waals surface area (Å²) in [6.07, 6.45) is 2.36. The zero-order chi connectivity index (χ0) is 19.1. The maximum atomic E-state index is 11.5. The molecule has 1 rings (SSSR count). The lowest BCUT2D eigenvalue weighted by Gasteiger charge is -2.27. The van der Waals surface area contributed by atoms with Crippen molar-refractivity contribution >= 4 is 40.0 Å². The quantitative estimate of drug-likeness (QED) is 0.284. The van der Waals surface area contributed by atoms with Crippen molar-refractivity contribution in [3.05, 3.63) is 0 Å². The van der Waals surface area contributed by atoms with Crippen LogP contribution in [0, 0.1) is 5.92 Å². The molecule has 26 heavy (non-hydrogen) atoms. The summed E-state index contributed by atoms with van der Waals surface area (Å²) in [4.78, 5) is 9.47. The number of nitrogens with one attached hydrogen (secondary N) is 2. The molecular formula is C17H38IN5O2S. The number of hydrogen-bond acceptors (Lipinski definition) is 4. The molecule has 156 valence electrons. The van der Waals surface area contributed by atoms with E-state index in [1.807, 2.05) is 13.8 Å². The summed E-state index contributed by atoms with van der Waals surface area (Å²) in [6, 6.07) is 0.